The second-order valence-electron chi connectivity index (χ2n) is 7.09. The van der Waals surface area contributed by atoms with E-state index in [0.717, 1.165) is 26.9 Å². The molecule has 0 heterocycles. The third-order valence-electron chi connectivity index (χ3n) is 4.54. The van der Waals surface area contributed by atoms with Crippen molar-refractivity contribution in [1.82, 2.24) is 0 Å². The Bertz CT molecular complexity index is 1010. The minimum Gasteiger partial charge on any atom is -0.490 e. The summed E-state index contributed by atoms with van der Waals surface area (Å²) in [6, 6.07) is 18.5. The molecule has 4 heteroatoms. The van der Waals surface area contributed by atoms with Crippen LogP contribution >= 0.6 is 15.9 Å². The Morgan fingerprint density at radius 1 is 0.897 bits per heavy atom. The minimum absolute atomic E-state index is 0.481. The normalized spacial score (nSPS) is 11.1. The Morgan fingerprint density at radius 3 is 2.31 bits per heavy atom. The van der Waals surface area contributed by atoms with Gasteiger partial charge in [-0.1, -0.05) is 47.5 Å². The van der Waals surface area contributed by atoms with Gasteiger partial charge in [0, 0.05) is 6.21 Å². The summed E-state index contributed by atoms with van der Waals surface area (Å²) in [5, 5.41) is 0. The number of hydrogen-bond acceptors (Lipinski definition) is 3. The van der Waals surface area contributed by atoms with Crippen molar-refractivity contribution in [3.05, 3.63) is 86.9 Å². The summed E-state index contributed by atoms with van der Waals surface area (Å²) in [6.45, 7) is 9.24. The van der Waals surface area contributed by atoms with Crippen LogP contribution < -0.4 is 9.47 Å². The second-order valence-corrected chi connectivity index (χ2v) is 7.94. The number of aryl methyl sites for hydroxylation is 3. The van der Waals surface area contributed by atoms with Crippen LogP contribution in [0.15, 0.2) is 64.1 Å². The standard InChI is InChI=1S/C25H26BrNO2/c1-5-28-24-14-21(15-27-23-11-8-18(3)12-19(23)4)13-22(26)25(24)29-16-20-9-6-17(2)7-10-20/h6-15H,5,16H2,1-4H3. The number of benzene rings is 3. The summed E-state index contributed by atoms with van der Waals surface area (Å²) in [5.74, 6) is 1.41. The number of nitrogens with zero attached hydrogens (tertiary/aromatic N) is 1. The summed E-state index contributed by atoms with van der Waals surface area (Å²) in [5.41, 5.74) is 6.65. The predicted molar refractivity (Wildman–Crippen MR) is 124 cm³/mol. The molecule has 0 aliphatic carbocycles. The Morgan fingerprint density at radius 2 is 1.62 bits per heavy atom. The predicted octanol–water partition coefficient (Wildman–Crippen LogP) is 7.10. The van der Waals surface area contributed by atoms with Crippen molar-refractivity contribution in [2.45, 2.75) is 34.3 Å². The minimum atomic E-state index is 0.481. The fraction of sp³-hybridized carbons (Fsp3) is 0.240. The molecule has 3 aromatic rings. The van der Waals surface area contributed by atoms with Gasteiger partial charge in [0.15, 0.2) is 11.5 Å². The number of hydrogen-bond donors (Lipinski definition) is 0. The summed E-state index contributed by atoms with van der Waals surface area (Å²) >= 11 is 3.64. The van der Waals surface area contributed by atoms with Gasteiger partial charge in [-0.25, -0.2) is 0 Å². The lowest BCUT2D eigenvalue weighted by atomic mass is 10.1. The molecule has 0 radical (unpaired) electrons. The Hall–Kier alpha value is -2.59. The molecule has 0 saturated carbocycles. The van der Waals surface area contributed by atoms with E-state index in [1.54, 1.807) is 0 Å². The molecule has 0 N–H and O–H groups in total. The van der Waals surface area contributed by atoms with Crippen LogP contribution in [0.4, 0.5) is 5.69 Å². The number of aliphatic imine (C=N–C) groups is 1. The molecule has 0 saturated heterocycles. The van der Waals surface area contributed by atoms with Crippen molar-refractivity contribution in [3.8, 4) is 11.5 Å². The number of rotatable bonds is 7. The van der Waals surface area contributed by atoms with Gasteiger partial charge in [-0.2, -0.15) is 0 Å². The molecule has 3 aromatic carbocycles. The first kappa shape index (κ1) is 21.1. The van der Waals surface area contributed by atoms with E-state index in [-0.39, 0.29) is 0 Å². The molecule has 0 aromatic heterocycles. The van der Waals surface area contributed by atoms with E-state index in [1.807, 2.05) is 31.3 Å². The SMILES string of the molecule is CCOc1cc(C=Nc2ccc(C)cc2C)cc(Br)c1OCc1ccc(C)cc1. The Balaban J connectivity index is 1.83. The van der Waals surface area contributed by atoms with Gasteiger partial charge in [0.2, 0.25) is 0 Å². The third kappa shape index (κ3) is 5.70. The van der Waals surface area contributed by atoms with Crippen LogP contribution in [0.3, 0.4) is 0 Å². The van der Waals surface area contributed by atoms with Crippen LogP contribution in [-0.2, 0) is 6.61 Å². The zero-order chi connectivity index (χ0) is 20.8. The van der Waals surface area contributed by atoms with E-state index in [2.05, 4.69) is 78.1 Å². The monoisotopic (exact) mass is 451 g/mol. The van der Waals surface area contributed by atoms with Crippen LogP contribution in [0.25, 0.3) is 0 Å². The van der Waals surface area contributed by atoms with Crippen molar-refractivity contribution in [2.75, 3.05) is 6.61 Å². The maximum atomic E-state index is 6.08. The van der Waals surface area contributed by atoms with Crippen LogP contribution in [-0.4, -0.2) is 12.8 Å². The average molecular weight is 452 g/mol. The highest BCUT2D eigenvalue weighted by Gasteiger charge is 2.12. The van der Waals surface area contributed by atoms with Crippen LogP contribution in [0.2, 0.25) is 0 Å². The first-order valence-electron chi connectivity index (χ1n) is 9.72. The first-order valence-corrected chi connectivity index (χ1v) is 10.5. The molecule has 29 heavy (non-hydrogen) atoms. The maximum absolute atomic E-state index is 6.08. The van der Waals surface area contributed by atoms with Gasteiger partial charge in [-0.15, -0.1) is 0 Å². The lowest BCUT2D eigenvalue weighted by Gasteiger charge is -2.15. The summed E-state index contributed by atoms with van der Waals surface area (Å²) in [4.78, 5) is 4.65. The largest absolute Gasteiger partial charge is 0.490 e. The van der Waals surface area contributed by atoms with Gasteiger partial charge in [-0.3, -0.25) is 4.99 Å². The van der Waals surface area contributed by atoms with E-state index < -0.39 is 0 Å². The van der Waals surface area contributed by atoms with E-state index in [1.165, 1.54) is 11.1 Å². The lowest BCUT2D eigenvalue weighted by Crippen LogP contribution is -2.01. The van der Waals surface area contributed by atoms with Gasteiger partial charge in [0.1, 0.15) is 6.61 Å². The van der Waals surface area contributed by atoms with E-state index in [4.69, 9.17) is 9.47 Å². The molecule has 150 valence electrons. The maximum Gasteiger partial charge on any atom is 0.175 e. The zero-order valence-corrected chi connectivity index (χ0v) is 18.9. The Kier molecular flexibility index (Phi) is 7.10. The molecule has 0 aliphatic rings. The van der Waals surface area contributed by atoms with E-state index >= 15 is 0 Å². The molecule has 3 rings (SSSR count). The van der Waals surface area contributed by atoms with Gasteiger partial charge in [-0.05, 0) is 78.5 Å². The summed E-state index contributed by atoms with van der Waals surface area (Å²) in [6.07, 6.45) is 1.86. The van der Waals surface area contributed by atoms with Crippen molar-refractivity contribution in [3.63, 3.8) is 0 Å². The summed E-state index contributed by atoms with van der Waals surface area (Å²) in [7, 11) is 0. The van der Waals surface area contributed by atoms with Crippen molar-refractivity contribution in [2.24, 2.45) is 4.99 Å². The fourth-order valence-corrected chi connectivity index (χ4v) is 3.57. The molecule has 0 fully saturated rings. The van der Waals surface area contributed by atoms with E-state index in [9.17, 15) is 0 Å². The quantitative estimate of drug-likeness (QED) is 0.358. The van der Waals surface area contributed by atoms with E-state index in [0.29, 0.717) is 24.7 Å². The topological polar surface area (TPSA) is 30.8 Å². The number of halogens is 1. The van der Waals surface area contributed by atoms with Crippen molar-refractivity contribution >= 4 is 27.8 Å². The smallest absolute Gasteiger partial charge is 0.175 e. The highest BCUT2D eigenvalue weighted by atomic mass is 79.9. The second kappa shape index (κ2) is 9.75. The van der Waals surface area contributed by atoms with Gasteiger partial charge in [0.05, 0.1) is 16.8 Å². The van der Waals surface area contributed by atoms with Crippen LogP contribution in [0.5, 0.6) is 11.5 Å². The van der Waals surface area contributed by atoms with Gasteiger partial charge in [0.25, 0.3) is 0 Å². The lowest BCUT2D eigenvalue weighted by molar-refractivity contribution is 0.267. The molecular weight excluding hydrogens is 426 g/mol. The van der Waals surface area contributed by atoms with Crippen molar-refractivity contribution < 1.29 is 9.47 Å². The third-order valence-corrected chi connectivity index (χ3v) is 5.13. The fourth-order valence-electron chi connectivity index (χ4n) is 3.00. The van der Waals surface area contributed by atoms with Gasteiger partial charge >= 0.3 is 0 Å². The molecule has 3 nitrogen and oxygen atoms in total. The van der Waals surface area contributed by atoms with Crippen LogP contribution in [0, 0.1) is 20.8 Å². The highest BCUT2D eigenvalue weighted by molar-refractivity contribution is 9.10. The Labute approximate surface area is 181 Å². The van der Waals surface area contributed by atoms with Gasteiger partial charge < -0.3 is 9.47 Å². The van der Waals surface area contributed by atoms with Crippen molar-refractivity contribution in [1.29, 1.82) is 0 Å². The summed E-state index contributed by atoms with van der Waals surface area (Å²) < 4.78 is 12.8. The zero-order valence-electron chi connectivity index (χ0n) is 17.3. The number of ether oxygens (including phenoxy) is 2. The average Bonchev–Trinajstić information content (AvgIpc) is 2.68. The molecule has 0 amide bonds. The van der Waals surface area contributed by atoms with Crippen LogP contribution in [0.1, 0.15) is 34.7 Å². The molecule has 0 unspecified atom stereocenters. The molecule has 0 spiro atoms. The molecule has 0 bridgehead atoms. The first-order chi connectivity index (χ1) is 14.0. The molecule has 0 atom stereocenters. The molecule has 0 aliphatic heterocycles. The molecular formula is C25H26BrNO2. The highest BCUT2D eigenvalue weighted by Crippen LogP contribution is 2.37.